The minimum Gasteiger partial charge on any atom is -0.460 e. The molecule has 0 aliphatic carbocycles. The lowest BCUT2D eigenvalue weighted by atomic mass is 10.2. The van der Waals surface area contributed by atoms with Crippen LogP contribution in [-0.4, -0.2) is 19.1 Å². The predicted molar refractivity (Wildman–Crippen MR) is 62.5 cm³/mol. The van der Waals surface area contributed by atoms with E-state index in [2.05, 4.69) is 21.2 Å². The van der Waals surface area contributed by atoms with Crippen molar-refractivity contribution in [1.29, 1.82) is 0 Å². The number of carbonyl (C=O) groups is 1. The van der Waals surface area contributed by atoms with Crippen LogP contribution in [0.15, 0.2) is 28.7 Å². The average Bonchev–Trinajstić information content (AvgIpc) is 2.25. The summed E-state index contributed by atoms with van der Waals surface area (Å²) in [7, 11) is 0. The van der Waals surface area contributed by atoms with Crippen LogP contribution in [0.4, 0.5) is 0 Å². The highest BCUT2D eigenvalue weighted by Gasteiger charge is 2.03. The number of esters is 1. The summed E-state index contributed by atoms with van der Waals surface area (Å²) >= 11 is 3.39. The van der Waals surface area contributed by atoms with Crippen LogP contribution in [0.3, 0.4) is 0 Å². The number of hydrogen-bond acceptors (Lipinski definition) is 3. The molecule has 0 aliphatic rings. The minimum atomic E-state index is -0.229. The smallest absolute Gasteiger partial charge is 0.320 e. The van der Waals surface area contributed by atoms with Crippen molar-refractivity contribution in [3.8, 4) is 0 Å². The highest BCUT2D eigenvalue weighted by atomic mass is 79.9. The first-order valence-electron chi connectivity index (χ1n) is 4.83. The Kier molecular flexibility index (Phi) is 5.36. The van der Waals surface area contributed by atoms with Crippen LogP contribution in [0.5, 0.6) is 0 Å². The van der Waals surface area contributed by atoms with Crippen molar-refractivity contribution in [2.24, 2.45) is 0 Å². The van der Waals surface area contributed by atoms with Gasteiger partial charge in [0, 0.05) is 10.0 Å². The molecule has 0 atom stereocenters. The number of halogens is 1. The van der Waals surface area contributed by atoms with Crippen molar-refractivity contribution >= 4 is 21.9 Å². The molecule has 1 aromatic rings. The molecule has 1 rings (SSSR count). The standard InChI is InChI=1S/C11H14BrNO2/c1-2-13-7-11(14)15-8-9-5-3-4-6-10(9)12/h3-6,13H,2,7-8H2,1H3. The maximum Gasteiger partial charge on any atom is 0.320 e. The highest BCUT2D eigenvalue weighted by Crippen LogP contribution is 2.16. The van der Waals surface area contributed by atoms with Crippen molar-refractivity contribution in [3.05, 3.63) is 34.3 Å². The van der Waals surface area contributed by atoms with E-state index in [1.165, 1.54) is 0 Å². The maximum absolute atomic E-state index is 11.2. The molecular formula is C11H14BrNO2. The van der Waals surface area contributed by atoms with Crippen LogP contribution in [0.1, 0.15) is 12.5 Å². The van der Waals surface area contributed by atoms with Crippen molar-refractivity contribution < 1.29 is 9.53 Å². The van der Waals surface area contributed by atoms with Gasteiger partial charge < -0.3 is 10.1 Å². The van der Waals surface area contributed by atoms with Crippen molar-refractivity contribution in [3.63, 3.8) is 0 Å². The molecule has 0 amide bonds. The largest absolute Gasteiger partial charge is 0.460 e. The van der Waals surface area contributed by atoms with Gasteiger partial charge in [0.25, 0.3) is 0 Å². The van der Waals surface area contributed by atoms with Gasteiger partial charge in [-0.3, -0.25) is 4.79 Å². The van der Waals surface area contributed by atoms with Gasteiger partial charge in [-0.05, 0) is 12.6 Å². The first kappa shape index (κ1) is 12.2. The summed E-state index contributed by atoms with van der Waals surface area (Å²) in [6, 6.07) is 7.68. The molecule has 3 nitrogen and oxygen atoms in total. The maximum atomic E-state index is 11.2. The van der Waals surface area contributed by atoms with E-state index in [1.54, 1.807) is 0 Å². The lowest BCUT2D eigenvalue weighted by Gasteiger charge is -2.06. The summed E-state index contributed by atoms with van der Waals surface area (Å²) in [5, 5.41) is 2.91. The van der Waals surface area contributed by atoms with Crippen LogP contribution in [0, 0.1) is 0 Å². The Morgan fingerprint density at radius 1 is 1.47 bits per heavy atom. The monoisotopic (exact) mass is 271 g/mol. The lowest BCUT2D eigenvalue weighted by molar-refractivity contribution is -0.143. The zero-order chi connectivity index (χ0) is 11.1. The fourth-order valence-electron chi connectivity index (χ4n) is 1.05. The summed E-state index contributed by atoms with van der Waals surface area (Å²) < 4.78 is 6.04. The minimum absolute atomic E-state index is 0.229. The predicted octanol–water partition coefficient (Wildman–Crippen LogP) is 2.10. The van der Waals surface area contributed by atoms with Gasteiger partial charge in [0.05, 0.1) is 6.54 Å². The van der Waals surface area contributed by atoms with E-state index in [0.717, 1.165) is 16.6 Å². The van der Waals surface area contributed by atoms with E-state index in [9.17, 15) is 4.79 Å². The van der Waals surface area contributed by atoms with Gasteiger partial charge in [0.15, 0.2) is 0 Å². The van der Waals surface area contributed by atoms with Crippen molar-refractivity contribution in [2.45, 2.75) is 13.5 Å². The summed E-state index contributed by atoms with van der Waals surface area (Å²) in [5.74, 6) is -0.229. The third kappa shape index (κ3) is 4.44. The SMILES string of the molecule is CCNCC(=O)OCc1ccccc1Br. The molecule has 0 radical (unpaired) electrons. The molecule has 0 bridgehead atoms. The van der Waals surface area contributed by atoms with Gasteiger partial charge in [-0.1, -0.05) is 41.1 Å². The normalized spacial score (nSPS) is 10.0. The second-order valence-corrected chi connectivity index (χ2v) is 3.89. The lowest BCUT2D eigenvalue weighted by Crippen LogP contribution is -2.24. The van der Waals surface area contributed by atoms with Crippen molar-refractivity contribution in [1.82, 2.24) is 5.32 Å². The molecule has 15 heavy (non-hydrogen) atoms. The Morgan fingerprint density at radius 3 is 2.87 bits per heavy atom. The Morgan fingerprint density at radius 2 is 2.20 bits per heavy atom. The highest BCUT2D eigenvalue weighted by molar-refractivity contribution is 9.10. The Balaban J connectivity index is 2.37. The van der Waals surface area contributed by atoms with Gasteiger partial charge >= 0.3 is 5.97 Å². The van der Waals surface area contributed by atoms with E-state index >= 15 is 0 Å². The Labute approximate surface area is 97.9 Å². The second kappa shape index (κ2) is 6.58. The Hall–Kier alpha value is -0.870. The fraction of sp³-hybridized carbons (Fsp3) is 0.364. The molecule has 0 heterocycles. The van der Waals surface area contributed by atoms with E-state index in [4.69, 9.17) is 4.74 Å². The van der Waals surface area contributed by atoms with Gasteiger partial charge in [-0.15, -0.1) is 0 Å². The summed E-state index contributed by atoms with van der Waals surface area (Å²) in [6.07, 6.45) is 0. The van der Waals surface area contributed by atoms with Crippen LogP contribution in [-0.2, 0) is 16.1 Å². The second-order valence-electron chi connectivity index (χ2n) is 3.03. The topological polar surface area (TPSA) is 38.3 Å². The van der Waals surface area contributed by atoms with Crippen LogP contribution in [0.2, 0.25) is 0 Å². The van der Waals surface area contributed by atoms with E-state index < -0.39 is 0 Å². The zero-order valence-corrected chi connectivity index (χ0v) is 10.2. The molecule has 0 saturated carbocycles. The number of benzene rings is 1. The average molecular weight is 272 g/mol. The number of hydrogen-bond donors (Lipinski definition) is 1. The quantitative estimate of drug-likeness (QED) is 0.834. The summed E-state index contributed by atoms with van der Waals surface area (Å²) in [4.78, 5) is 11.2. The number of rotatable bonds is 5. The molecule has 1 N–H and O–H groups in total. The van der Waals surface area contributed by atoms with Gasteiger partial charge in [0.2, 0.25) is 0 Å². The van der Waals surface area contributed by atoms with Gasteiger partial charge in [0.1, 0.15) is 6.61 Å². The molecule has 0 spiro atoms. The van der Waals surface area contributed by atoms with Crippen LogP contribution >= 0.6 is 15.9 Å². The van der Waals surface area contributed by atoms with Crippen molar-refractivity contribution in [2.75, 3.05) is 13.1 Å². The molecule has 0 fully saturated rings. The summed E-state index contributed by atoms with van der Waals surface area (Å²) in [6.45, 7) is 3.29. The first-order valence-corrected chi connectivity index (χ1v) is 5.63. The third-order valence-corrected chi connectivity index (χ3v) is 2.64. The van der Waals surface area contributed by atoms with Crippen LogP contribution in [0.25, 0.3) is 0 Å². The molecule has 0 aromatic heterocycles. The molecule has 4 heteroatoms. The number of nitrogens with one attached hydrogen (secondary N) is 1. The van der Waals surface area contributed by atoms with E-state index in [1.807, 2.05) is 31.2 Å². The third-order valence-electron chi connectivity index (χ3n) is 1.87. The molecule has 1 aromatic carbocycles. The molecule has 82 valence electrons. The first-order chi connectivity index (χ1) is 7.24. The van der Waals surface area contributed by atoms with Gasteiger partial charge in [-0.25, -0.2) is 0 Å². The molecular weight excluding hydrogens is 258 g/mol. The van der Waals surface area contributed by atoms with E-state index in [-0.39, 0.29) is 12.5 Å². The zero-order valence-electron chi connectivity index (χ0n) is 8.63. The Bertz CT molecular complexity index is 328. The van der Waals surface area contributed by atoms with Gasteiger partial charge in [-0.2, -0.15) is 0 Å². The van der Waals surface area contributed by atoms with Crippen LogP contribution < -0.4 is 5.32 Å². The van der Waals surface area contributed by atoms with E-state index in [0.29, 0.717) is 6.61 Å². The molecule has 0 unspecified atom stereocenters. The molecule has 0 aliphatic heterocycles. The fourth-order valence-corrected chi connectivity index (χ4v) is 1.45. The molecule has 0 saturated heterocycles. The number of likely N-dealkylation sites (N-methyl/N-ethyl adjacent to an activating group) is 1. The number of carbonyl (C=O) groups excluding carboxylic acids is 1. The summed E-state index contributed by atoms with van der Waals surface area (Å²) in [5.41, 5.74) is 0.974. The number of ether oxygens (including phenoxy) is 1.